The number of carbonyl (C=O) groups is 2. The Labute approximate surface area is 106 Å². The van der Waals surface area contributed by atoms with Gasteiger partial charge in [-0.15, -0.1) is 0 Å². The molecule has 1 atom stereocenters. The number of carbonyl (C=O) groups excluding carboxylic acids is 2. The van der Waals surface area contributed by atoms with E-state index in [0.29, 0.717) is 6.54 Å². The summed E-state index contributed by atoms with van der Waals surface area (Å²) in [5, 5.41) is 2.39. The van der Waals surface area contributed by atoms with E-state index in [9.17, 15) is 9.59 Å². The van der Waals surface area contributed by atoms with Gasteiger partial charge in [-0.25, -0.2) is 4.79 Å². The normalized spacial score (nSPS) is 22.9. The zero-order chi connectivity index (χ0) is 12.7. The summed E-state index contributed by atoms with van der Waals surface area (Å²) < 4.78 is 0. The van der Waals surface area contributed by atoms with E-state index >= 15 is 0 Å². The highest BCUT2D eigenvalue weighted by molar-refractivity contribution is 6.06. The van der Waals surface area contributed by atoms with Gasteiger partial charge in [-0.2, -0.15) is 0 Å². The van der Waals surface area contributed by atoms with Crippen LogP contribution in [-0.2, 0) is 17.6 Å². The van der Waals surface area contributed by atoms with Crippen LogP contribution in [0.25, 0.3) is 0 Å². The maximum absolute atomic E-state index is 11.8. The highest BCUT2D eigenvalue weighted by Crippen LogP contribution is 2.28. The van der Waals surface area contributed by atoms with E-state index in [2.05, 4.69) is 17.4 Å². The molecule has 2 aliphatic rings. The van der Waals surface area contributed by atoms with Gasteiger partial charge in [-0.3, -0.25) is 15.0 Å². The van der Waals surface area contributed by atoms with Crippen LogP contribution in [0.4, 0.5) is 10.5 Å². The summed E-state index contributed by atoms with van der Waals surface area (Å²) in [6.07, 6.45) is 3.42. The van der Waals surface area contributed by atoms with Crippen LogP contribution in [0.2, 0.25) is 0 Å². The minimum Gasteiger partial charge on any atom is -0.293 e. The molecule has 1 saturated heterocycles. The molecule has 0 radical (unpaired) electrons. The second-order valence-electron chi connectivity index (χ2n) is 5.11. The molecule has 1 heterocycles. The van der Waals surface area contributed by atoms with Crippen LogP contribution in [0.5, 0.6) is 0 Å². The lowest BCUT2D eigenvalue weighted by atomic mass is 10.1. The molecule has 18 heavy (non-hydrogen) atoms. The molecular formula is C14H16N2O2. The number of imide groups is 1. The molecule has 3 amide bonds. The molecule has 0 saturated carbocycles. The molecule has 4 heteroatoms. The van der Waals surface area contributed by atoms with Crippen LogP contribution < -0.4 is 10.2 Å². The van der Waals surface area contributed by atoms with E-state index in [1.54, 1.807) is 4.90 Å². The van der Waals surface area contributed by atoms with Crippen LogP contribution in [0.15, 0.2) is 18.2 Å². The van der Waals surface area contributed by atoms with Gasteiger partial charge in [-0.1, -0.05) is 13.0 Å². The molecule has 4 nitrogen and oxygen atoms in total. The smallest absolute Gasteiger partial charge is 0.293 e. The van der Waals surface area contributed by atoms with Gasteiger partial charge in [0.05, 0.1) is 5.92 Å². The Bertz CT molecular complexity index is 525. The van der Waals surface area contributed by atoms with Gasteiger partial charge in [0.2, 0.25) is 5.91 Å². The minimum absolute atomic E-state index is 0.157. The number of hydrogen-bond acceptors (Lipinski definition) is 2. The van der Waals surface area contributed by atoms with Gasteiger partial charge < -0.3 is 0 Å². The van der Waals surface area contributed by atoms with Gasteiger partial charge >= 0.3 is 6.03 Å². The van der Waals surface area contributed by atoms with Gasteiger partial charge in [0.15, 0.2) is 0 Å². The number of anilines is 1. The molecule has 1 unspecified atom stereocenters. The predicted octanol–water partition coefficient (Wildman–Crippen LogP) is 1.87. The summed E-state index contributed by atoms with van der Waals surface area (Å²) in [5.74, 6) is -0.339. The standard InChI is InChI=1S/C14H16N2O2/c1-9-8-16(14(18)15-13(9)17)12-6-5-10-3-2-4-11(10)7-12/h5-7,9H,2-4,8H2,1H3,(H,15,17,18). The summed E-state index contributed by atoms with van der Waals surface area (Å²) in [5.41, 5.74) is 3.62. The average molecular weight is 244 g/mol. The molecule has 1 aliphatic carbocycles. The summed E-state index contributed by atoms with van der Waals surface area (Å²) in [6.45, 7) is 2.30. The van der Waals surface area contributed by atoms with Crippen molar-refractivity contribution in [3.8, 4) is 0 Å². The average Bonchev–Trinajstić information content (AvgIpc) is 2.80. The Balaban J connectivity index is 1.90. The summed E-state index contributed by atoms with van der Waals surface area (Å²) in [6, 6.07) is 5.86. The number of urea groups is 1. The van der Waals surface area contributed by atoms with E-state index in [1.165, 1.54) is 17.5 Å². The number of rotatable bonds is 1. The second-order valence-corrected chi connectivity index (χ2v) is 5.11. The Morgan fingerprint density at radius 3 is 2.83 bits per heavy atom. The zero-order valence-corrected chi connectivity index (χ0v) is 10.4. The Morgan fingerprint density at radius 1 is 1.22 bits per heavy atom. The number of nitrogens with one attached hydrogen (secondary N) is 1. The van der Waals surface area contributed by atoms with Crippen molar-refractivity contribution in [2.45, 2.75) is 26.2 Å². The van der Waals surface area contributed by atoms with Crippen molar-refractivity contribution in [3.05, 3.63) is 29.3 Å². The van der Waals surface area contributed by atoms with Crippen LogP contribution in [0.1, 0.15) is 24.5 Å². The van der Waals surface area contributed by atoms with Crippen molar-refractivity contribution in [3.63, 3.8) is 0 Å². The summed E-state index contributed by atoms with van der Waals surface area (Å²) >= 11 is 0. The van der Waals surface area contributed by atoms with Gasteiger partial charge in [0, 0.05) is 12.2 Å². The third kappa shape index (κ3) is 1.78. The highest BCUT2D eigenvalue weighted by Gasteiger charge is 2.30. The van der Waals surface area contributed by atoms with Crippen molar-refractivity contribution in [1.29, 1.82) is 0 Å². The predicted molar refractivity (Wildman–Crippen MR) is 68.5 cm³/mol. The molecule has 0 spiro atoms. The van der Waals surface area contributed by atoms with E-state index < -0.39 is 0 Å². The van der Waals surface area contributed by atoms with E-state index in [4.69, 9.17) is 0 Å². The van der Waals surface area contributed by atoms with Gasteiger partial charge in [0.1, 0.15) is 0 Å². The Kier molecular flexibility index (Phi) is 2.58. The highest BCUT2D eigenvalue weighted by atomic mass is 16.2. The molecule has 1 aromatic carbocycles. The number of benzene rings is 1. The molecule has 94 valence electrons. The molecule has 0 aromatic heterocycles. The summed E-state index contributed by atoms with van der Waals surface area (Å²) in [4.78, 5) is 24.9. The Hall–Kier alpha value is -1.84. The fourth-order valence-electron chi connectivity index (χ4n) is 2.68. The fourth-order valence-corrected chi connectivity index (χ4v) is 2.68. The van der Waals surface area contributed by atoms with E-state index in [1.807, 2.05) is 13.0 Å². The SMILES string of the molecule is CC1CN(c2ccc3c(c2)CCC3)C(=O)NC1=O. The number of hydrogen-bond donors (Lipinski definition) is 1. The molecule has 1 N–H and O–H groups in total. The van der Waals surface area contributed by atoms with Crippen LogP contribution in [0.3, 0.4) is 0 Å². The number of nitrogens with zero attached hydrogens (tertiary/aromatic N) is 1. The van der Waals surface area contributed by atoms with Crippen molar-refractivity contribution in [2.75, 3.05) is 11.4 Å². The van der Waals surface area contributed by atoms with Gasteiger partial charge in [0.25, 0.3) is 0 Å². The van der Waals surface area contributed by atoms with Crippen LogP contribution in [0, 0.1) is 5.92 Å². The molecule has 3 rings (SSSR count). The minimum atomic E-state index is -0.309. The van der Waals surface area contributed by atoms with Crippen molar-refractivity contribution < 1.29 is 9.59 Å². The lowest BCUT2D eigenvalue weighted by Crippen LogP contribution is -2.53. The Morgan fingerprint density at radius 2 is 2.00 bits per heavy atom. The van der Waals surface area contributed by atoms with E-state index in [-0.39, 0.29) is 17.9 Å². The third-order valence-electron chi connectivity index (χ3n) is 3.77. The maximum Gasteiger partial charge on any atom is 0.328 e. The lowest BCUT2D eigenvalue weighted by Gasteiger charge is -2.30. The first-order chi connectivity index (χ1) is 8.65. The van der Waals surface area contributed by atoms with Crippen LogP contribution in [-0.4, -0.2) is 18.5 Å². The first kappa shape index (κ1) is 11.3. The zero-order valence-electron chi connectivity index (χ0n) is 10.4. The molecule has 1 aliphatic heterocycles. The first-order valence-electron chi connectivity index (χ1n) is 6.39. The molecular weight excluding hydrogens is 228 g/mol. The number of amides is 3. The lowest BCUT2D eigenvalue weighted by molar-refractivity contribution is -0.123. The van der Waals surface area contributed by atoms with Crippen molar-refractivity contribution >= 4 is 17.6 Å². The topological polar surface area (TPSA) is 49.4 Å². The van der Waals surface area contributed by atoms with Crippen molar-refractivity contribution in [1.82, 2.24) is 5.32 Å². The second kappa shape index (κ2) is 4.12. The monoisotopic (exact) mass is 244 g/mol. The van der Waals surface area contributed by atoms with Gasteiger partial charge in [-0.05, 0) is 42.5 Å². The maximum atomic E-state index is 11.8. The first-order valence-corrected chi connectivity index (χ1v) is 6.39. The summed E-state index contributed by atoms with van der Waals surface area (Å²) in [7, 11) is 0. The third-order valence-corrected chi connectivity index (χ3v) is 3.77. The van der Waals surface area contributed by atoms with Crippen LogP contribution >= 0.6 is 0 Å². The number of aryl methyl sites for hydroxylation is 2. The molecule has 1 aromatic rings. The quantitative estimate of drug-likeness (QED) is 0.819. The van der Waals surface area contributed by atoms with Crippen molar-refractivity contribution in [2.24, 2.45) is 5.92 Å². The molecule has 1 fully saturated rings. The number of fused-ring (bicyclic) bond motifs is 1. The largest absolute Gasteiger partial charge is 0.328 e. The molecule has 0 bridgehead atoms. The fraction of sp³-hybridized carbons (Fsp3) is 0.429. The van der Waals surface area contributed by atoms with E-state index in [0.717, 1.165) is 18.5 Å².